The third-order valence-electron chi connectivity index (χ3n) is 7.92. The van der Waals surface area contributed by atoms with E-state index in [0.717, 1.165) is 30.4 Å². The van der Waals surface area contributed by atoms with Gasteiger partial charge in [-0.25, -0.2) is 9.59 Å². The number of fused-ring (bicyclic) bond motifs is 3. The van der Waals surface area contributed by atoms with E-state index in [1.807, 2.05) is 24.3 Å². The molecule has 7 heteroatoms. The third-order valence-corrected chi connectivity index (χ3v) is 7.92. The maximum absolute atomic E-state index is 13.0. The first-order valence-corrected chi connectivity index (χ1v) is 12.0. The Morgan fingerprint density at radius 1 is 1.03 bits per heavy atom. The Balaban J connectivity index is 1.17. The summed E-state index contributed by atoms with van der Waals surface area (Å²) in [5.74, 6) is -1.35. The number of ether oxygens (including phenoxy) is 1. The number of rotatable bonds is 7. The van der Waals surface area contributed by atoms with Crippen molar-refractivity contribution in [3.05, 3.63) is 59.7 Å². The summed E-state index contributed by atoms with van der Waals surface area (Å²) in [5.41, 5.74) is 3.64. The van der Waals surface area contributed by atoms with Crippen LogP contribution in [0.3, 0.4) is 0 Å². The van der Waals surface area contributed by atoms with E-state index in [1.54, 1.807) is 7.05 Å². The Bertz CT molecular complexity index is 1080. The molecular weight excluding hydrogens is 432 g/mol. The van der Waals surface area contributed by atoms with Gasteiger partial charge in [-0.2, -0.15) is 0 Å². The Morgan fingerprint density at radius 2 is 1.65 bits per heavy atom. The fourth-order valence-corrected chi connectivity index (χ4v) is 5.74. The highest BCUT2D eigenvalue weighted by Crippen LogP contribution is 2.45. The van der Waals surface area contributed by atoms with Crippen molar-refractivity contribution in [1.82, 2.24) is 10.2 Å². The first kappa shape index (κ1) is 22.4. The molecule has 2 atom stereocenters. The zero-order valence-corrected chi connectivity index (χ0v) is 19.3. The minimum atomic E-state index is -1.04. The van der Waals surface area contributed by atoms with Gasteiger partial charge in [-0.1, -0.05) is 55.0 Å². The summed E-state index contributed by atoms with van der Waals surface area (Å²) in [5, 5.41) is 12.4. The molecule has 34 heavy (non-hydrogen) atoms. The topological polar surface area (TPSA) is 95.9 Å². The van der Waals surface area contributed by atoms with Gasteiger partial charge in [-0.3, -0.25) is 4.79 Å². The molecule has 2 unspecified atom stereocenters. The molecule has 0 radical (unpaired) electrons. The molecule has 0 bridgehead atoms. The van der Waals surface area contributed by atoms with Crippen molar-refractivity contribution in [2.45, 2.75) is 43.6 Å². The average Bonchev–Trinajstić information content (AvgIpc) is 3.43. The smallest absolute Gasteiger partial charge is 0.407 e. The lowest BCUT2D eigenvalue weighted by molar-refractivity contribution is -0.153. The number of nitrogens with one attached hydrogen (secondary N) is 1. The summed E-state index contributed by atoms with van der Waals surface area (Å²) in [6, 6.07) is 16.4. The van der Waals surface area contributed by atoms with Gasteiger partial charge < -0.3 is 20.1 Å². The Hall–Kier alpha value is -3.35. The van der Waals surface area contributed by atoms with Gasteiger partial charge in [0.1, 0.15) is 12.1 Å². The lowest BCUT2D eigenvalue weighted by Gasteiger charge is -2.29. The number of carbonyl (C=O) groups is 3. The second-order valence-electron chi connectivity index (χ2n) is 9.74. The molecule has 178 valence electrons. The number of nitrogens with zero attached hydrogens (tertiary/aromatic N) is 1. The van der Waals surface area contributed by atoms with Crippen molar-refractivity contribution < 1.29 is 24.2 Å². The van der Waals surface area contributed by atoms with Crippen LogP contribution in [0.2, 0.25) is 0 Å². The highest BCUT2D eigenvalue weighted by molar-refractivity contribution is 5.90. The summed E-state index contributed by atoms with van der Waals surface area (Å²) in [4.78, 5) is 38.6. The number of carboxylic acid groups (broad SMARTS) is 1. The van der Waals surface area contributed by atoms with Gasteiger partial charge in [0.05, 0.1) is 0 Å². The normalized spacial score (nSPS) is 21.9. The number of benzene rings is 2. The second-order valence-corrected chi connectivity index (χ2v) is 9.74. The van der Waals surface area contributed by atoms with Gasteiger partial charge in [0.2, 0.25) is 5.91 Å². The Labute approximate surface area is 199 Å². The van der Waals surface area contributed by atoms with Gasteiger partial charge in [-0.05, 0) is 53.9 Å². The summed E-state index contributed by atoms with van der Waals surface area (Å²) in [6.07, 6.45) is 2.95. The first-order chi connectivity index (χ1) is 16.4. The number of hydrogen-bond donors (Lipinski definition) is 2. The molecule has 0 aliphatic heterocycles. The highest BCUT2D eigenvalue weighted by Gasteiger charge is 2.56. The molecule has 5 rings (SSSR count). The molecule has 2 amide bonds. The van der Waals surface area contributed by atoms with E-state index in [9.17, 15) is 19.5 Å². The van der Waals surface area contributed by atoms with Gasteiger partial charge in [-0.15, -0.1) is 0 Å². The Morgan fingerprint density at radius 3 is 2.24 bits per heavy atom. The molecule has 0 heterocycles. The summed E-state index contributed by atoms with van der Waals surface area (Å²) in [7, 11) is 1.60. The molecule has 2 aromatic carbocycles. The molecule has 3 aliphatic carbocycles. The van der Waals surface area contributed by atoms with Crippen molar-refractivity contribution >= 4 is 18.0 Å². The van der Waals surface area contributed by atoms with Crippen LogP contribution in [0, 0.1) is 11.8 Å². The van der Waals surface area contributed by atoms with E-state index in [0.29, 0.717) is 19.4 Å². The molecule has 7 nitrogen and oxygen atoms in total. The van der Waals surface area contributed by atoms with Crippen LogP contribution in [-0.4, -0.2) is 53.7 Å². The zero-order chi connectivity index (χ0) is 23.9. The number of carbonyl (C=O) groups excluding carboxylic acids is 2. The third kappa shape index (κ3) is 3.83. The molecular formula is C27H30N2O5. The summed E-state index contributed by atoms with van der Waals surface area (Å²) < 4.78 is 5.62. The van der Waals surface area contributed by atoms with Crippen molar-refractivity contribution in [1.29, 1.82) is 0 Å². The van der Waals surface area contributed by atoms with E-state index in [1.165, 1.54) is 16.0 Å². The minimum absolute atomic E-state index is 0.00152. The molecule has 2 fully saturated rings. The maximum Gasteiger partial charge on any atom is 0.407 e. The molecule has 0 aromatic heterocycles. The number of carboxylic acids is 1. The van der Waals surface area contributed by atoms with Crippen LogP contribution in [-0.2, 0) is 14.3 Å². The average molecular weight is 463 g/mol. The van der Waals surface area contributed by atoms with Crippen molar-refractivity contribution in [2.75, 3.05) is 20.2 Å². The van der Waals surface area contributed by atoms with Gasteiger partial charge in [0, 0.05) is 25.4 Å². The molecule has 0 spiro atoms. The van der Waals surface area contributed by atoms with E-state index < -0.39 is 17.6 Å². The lowest BCUT2D eigenvalue weighted by Crippen LogP contribution is -2.48. The standard InChI is InChI=1S/C27H30N2O5/c1-29(27(13-14-27)25(31)32)24(30)18-12-6-7-17(18)15-28-26(33)34-16-23-21-10-4-2-8-19(21)20-9-3-5-11-22(20)23/h2-5,8-11,17-18,23H,6-7,12-16H2,1H3,(H,28,33)(H,31,32). The minimum Gasteiger partial charge on any atom is -0.479 e. The van der Waals surface area contributed by atoms with Gasteiger partial charge in [0.25, 0.3) is 0 Å². The number of aliphatic carboxylic acids is 1. The van der Waals surface area contributed by atoms with Crippen LogP contribution in [0.4, 0.5) is 4.79 Å². The van der Waals surface area contributed by atoms with Crippen LogP contribution < -0.4 is 5.32 Å². The predicted molar refractivity (Wildman–Crippen MR) is 126 cm³/mol. The van der Waals surface area contributed by atoms with E-state index in [4.69, 9.17) is 4.74 Å². The summed E-state index contributed by atoms with van der Waals surface area (Å²) >= 11 is 0. The van der Waals surface area contributed by atoms with Gasteiger partial charge >= 0.3 is 12.1 Å². The van der Waals surface area contributed by atoms with E-state index in [2.05, 4.69) is 29.6 Å². The van der Waals surface area contributed by atoms with E-state index in [-0.39, 0.29) is 30.3 Å². The molecule has 2 aromatic rings. The molecule has 2 N–H and O–H groups in total. The van der Waals surface area contributed by atoms with Crippen molar-refractivity contribution in [3.8, 4) is 11.1 Å². The van der Waals surface area contributed by atoms with Crippen LogP contribution in [0.5, 0.6) is 0 Å². The molecule has 2 saturated carbocycles. The van der Waals surface area contributed by atoms with Crippen LogP contribution in [0.1, 0.15) is 49.1 Å². The number of amides is 2. The van der Waals surface area contributed by atoms with Gasteiger partial charge in [0.15, 0.2) is 0 Å². The predicted octanol–water partition coefficient (Wildman–Crippen LogP) is 4.02. The quantitative estimate of drug-likeness (QED) is 0.648. The monoisotopic (exact) mass is 462 g/mol. The molecule has 3 aliphatic rings. The summed E-state index contributed by atoms with van der Waals surface area (Å²) in [6.45, 7) is 0.595. The SMILES string of the molecule is CN(C(=O)C1CCCC1CNC(=O)OCC1c2ccccc2-c2ccccc21)C1(C(=O)O)CC1. The lowest BCUT2D eigenvalue weighted by atomic mass is 9.94. The number of hydrogen-bond acceptors (Lipinski definition) is 4. The van der Waals surface area contributed by atoms with Crippen molar-refractivity contribution in [2.24, 2.45) is 11.8 Å². The fourth-order valence-electron chi connectivity index (χ4n) is 5.74. The largest absolute Gasteiger partial charge is 0.479 e. The highest BCUT2D eigenvalue weighted by atomic mass is 16.5. The Kier molecular flexibility index (Phi) is 5.80. The first-order valence-electron chi connectivity index (χ1n) is 12.0. The maximum atomic E-state index is 13.0. The van der Waals surface area contributed by atoms with Crippen LogP contribution in [0.15, 0.2) is 48.5 Å². The molecule has 0 saturated heterocycles. The zero-order valence-electron chi connectivity index (χ0n) is 19.3. The number of alkyl carbamates (subject to hydrolysis) is 1. The van der Waals surface area contributed by atoms with Crippen LogP contribution >= 0.6 is 0 Å². The number of likely N-dealkylation sites (N-methyl/N-ethyl adjacent to an activating group) is 1. The van der Waals surface area contributed by atoms with E-state index >= 15 is 0 Å². The van der Waals surface area contributed by atoms with Crippen LogP contribution in [0.25, 0.3) is 11.1 Å². The van der Waals surface area contributed by atoms with Crippen molar-refractivity contribution in [3.63, 3.8) is 0 Å². The fraction of sp³-hybridized carbons (Fsp3) is 0.444. The second kappa shape index (κ2) is 8.78.